The minimum atomic E-state index is 0.693. The molecule has 0 spiro atoms. The van der Waals surface area contributed by atoms with Crippen LogP contribution < -0.4 is 5.32 Å². The van der Waals surface area contributed by atoms with E-state index in [-0.39, 0.29) is 0 Å². The van der Waals surface area contributed by atoms with Crippen molar-refractivity contribution in [2.45, 2.75) is 29.7 Å². The summed E-state index contributed by atoms with van der Waals surface area (Å²) in [6.07, 6.45) is 7.84. The molecule has 78 valence electrons. The minimum absolute atomic E-state index is 0.693. The van der Waals surface area contributed by atoms with Crippen LogP contribution in [0.4, 0.5) is 0 Å². The molecule has 0 saturated carbocycles. The molecule has 1 saturated heterocycles. The largest absolute Gasteiger partial charge is 0.329 e. The molecule has 1 unspecified atom stereocenters. The minimum Gasteiger partial charge on any atom is -0.329 e. The number of imidazole rings is 1. The Kier molecular flexibility index (Phi) is 3.48. The fourth-order valence-electron chi connectivity index (χ4n) is 1.70. The first-order chi connectivity index (χ1) is 6.86. The van der Waals surface area contributed by atoms with Gasteiger partial charge in [-0.1, -0.05) is 18.2 Å². The van der Waals surface area contributed by atoms with Gasteiger partial charge in [0.2, 0.25) is 0 Å². The van der Waals surface area contributed by atoms with Gasteiger partial charge in [-0.15, -0.1) is 0 Å². The van der Waals surface area contributed by atoms with Crippen molar-refractivity contribution in [1.29, 1.82) is 0 Å². The Balaban J connectivity index is 1.92. The maximum absolute atomic E-state index is 4.34. The summed E-state index contributed by atoms with van der Waals surface area (Å²) in [4.78, 5) is 4.34. The first-order valence-electron chi connectivity index (χ1n) is 5.21. The lowest BCUT2D eigenvalue weighted by atomic mass is 10.2. The maximum atomic E-state index is 4.34. The summed E-state index contributed by atoms with van der Waals surface area (Å²) in [7, 11) is 2.06. The third-order valence-electron chi connectivity index (χ3n) is 2.55. The Morgan fingerprint density at radius 2 is 2.50 bits per heavy atom. The van der Waals surface area contributed by atoms with E-state index < -0.39 is 0 Å². The number of hydrogen-bond acceptors (Lipinski definition) is 3. The highest BCUT2D eigenvalue weighted by molar-refractivity contribution is 7.99. The Morgan fingerprint density at radius 3 is 3.29 bits per heavy atom. The third-order valence-corrected chi connectivity index (χ3v) is 3.89. The van der Waals surface area contributed by atoms with E-state index in [4.69, 9.17) is 0 Å². The van der Waals surface area contributed by atoms with Gasteiger partial charge in [0.15, 0.2) is 5.16 Å². The normalized spacial score (nSPS) is 23.4. The summed E-state index contributed by atoms with van der Waals surface area (Å²) in [6.45, 7) is 2.30. The number of rotatable bonds is 2. The van der Waals surface area contributed by atoms with Crippen LogP contribution in [-0.2, 0) is 7.05 Å². The molecule has 3 nitrogen and oxygen atoms in total. The zero-order chi connectivity index (χ0) is 9.80. The number of aromatic nitrogens is 2. The van der Waals surface area contributed by atoms with E-state index in [1.54, 1.807) is 0 Å². The number of nitrogens with zero attached hydrogens (tertiary/aromatic N) is 2. The molecule has 0 bridgehead atoms. The van der Waals surface area contributed by atoms with Gasteiger partial charge in [-0.2, -0.15) is 0 Å². The summed E-state index contributed by atoms with van der Waals surface area (Å²) in [5.74, 6) is 0. The van der Waals surface area contributed by atoms with Crippen LogP contribution in [0, 0.1) is 0 Å². The second kappa shape index (κ2) is 4.84. The summed E-state index contributed by atoms with van der Waals surface area (Å²) >= 11 is 1.90. The molecule has 1 aromatic heterocycles. The molecule has 1 atom stereocenters. The van der Waals surface area contributed by atoms with Crippen molar-refractivity contribution in [1.82, 2.24) is 14.9 Å². The Hall–Kier alpha value is -0.480. The van der Waals surface area contributed by atoms with E-state index in [0.717, 1.165) is 11.7 Å². The number of aryl methyl sites for hydroxylation is 1. The standard InChI is InChI=1S/C10H17N3S/c1-13-7-6-12-10(13)14-9-4-2-3-5-11-8-9/h6-7,9,11H,2-5,8H2,1H3. The van der Waals surface area contributed by atoms with Gasteiger partial charge in [-0.25, -0.2) is 4.98 Å². The lowest BCUT2D eigenvalue weighted by Gasteiger charge is -2.12. The second-order valence-corrected chi connectivity index (χ2v) is 5.03. The lowest BCUT2D eigenvalue weighted by Crippen LogP contribution is -2.22. The average molecular weight is 211 g/mol. The van der Waals surface area contributed by atoms with E-state index in [1.807, 2.05) is 24.2 Å². The van der Waals surface area contributed by atoms with Gasteiger partial charge in [-0.05, 0) is 19.4 Å². The van der Waals surface area contributed by atoms with Crippen LogP contribution >= 0.6 is 11.8 Å². The predicted molar refractivity (Wildman–Crippen MR) is 59.6 cm³/mol. The zero-order valence-corrected chi connectivity index (χ0v) is 9.39. The predicted octanol–water partition coefficient (Wildman–Crippen LogP) is 1.65. The number of hydrogen-bond donors (Lipinski definition) is 1. The molecule has 4 heteroatoms. The van der Waals surface area contributed by atoms with Gasteiger partial charge in [0.05, 0.1) is 0 Å². The van der Waals surface area contributed by atoms with Gasteiger partial charge in [0.1, 0.15) is 0 Å². The van der Waals surface area contributed by atoms with Crippen molar-refractivity contribution in [3.63, 3.8) is 0 Å². The highest BCUT2D eigenvalue weighted by Gasteiger charge is 2.14. The summed E-state index contributed by atoms with van der Waals surface area (Å²) in [6, 6.07) is 0. The maximum Gasteiger partial charge on any atom is 0.167 e. The lowest BCUT2D eigenvalue weighted by molar-refractivity contribution is 0.704. The first kappa shape index (κ1) is 10.1. The number of thioether (sulfide) groups is 1. The quantitative estimate of drug-likeness (QED) is 0.807. The number of nitrogens with one attached hydrogen (secondary N) is 1. The smallest absolute Gasteiger partial charge is 0.167 e. The second-order valence-electron chi connectivity index (χ2n) is 3.76. The van der Waals surface area contributed by atoms with Crippen LogP contribution in [0.2, 0.25) is 0 Å². The van der Waals surface area contributed by atoms with Crippen molar-refractivity contribution in [3.05, 3.63) is 12.4 Å². The molecule has 1 N–H and O–H groups in total. The van der Waals surface area contributed by atoms with Crippen LogP contribution in [0.15, 0.2) is 17.6 Å². The summed E-state index contributed by atoms with van der Waals surface area (Å²) in [5.41, 5.74) is 0. The van der Waals surface area contributed by atoms with Crippen molar-refractivity contribution < 1.29 is 0 Å². The fourth-order valence-corrected chi connectivity index (χ4v) is 2.83. The molecule has 0 radical (unpaired) electrons. The van der Waals surface area contributed by atoms with Crippen molar-refractivity contribution in [2.75, 3.05) is 13.1 Å². The highest BCUT2D eigenvalue weighted by atomic mass is 32.2. The van der Waals surface area contributed by atoms with Gasteiger partial charge in [0, 0.05) is 31.2 Å². The molecule has 14 heavy (non-hydrogen) atoms. The van der Waals surface area contributed by atoms with Crippen LogP contribution in [0.1, 0.15) is 19.3 Å². The highest BCUT2D eigenvalue weighted by Crippen LogP contribution is 2.25. The van der Waals surface area contributed by atoms with E-state index in [2.05, 4.69) is 21.9 Å². The van der Waals surface area contributed by atoms with Crippen LogP contribution in [0.25, 0.3) is 0 Å². The Bertz CT molecular complexity index is 277. The molecule has 1 aromatic rings. The zero-order valence-electron chi connectivity index (χ0n) is 8.57. The molecule has 1 fully saturated rings. The van der Waals surface area contributed by atoms with Crippen LogP contribution in [0.5, 0.6) is 0 Å². The SMILES string of the molecule is Cn1ccnc1SC1CCCCNC1. The van der Waals surface area contributed by atoms with Crippen LogP contribution in [0.3, 0.4) is 0 Å². The van der Waals surface area contributed by atoms with Crippen molar-refractivity contribution in [2.24, 2.45) is 7.05 Å². The van der Waals surface area contributed by atoms with Gasteiger partial charge < -0.3 is 9.88 Å². The summed E-state index contributed by atoms with van der Waals surface area (Å²) in [5, 5.41) is 5.30. The van der Waals surface area contributed by atoms with E-state index in [9.17, 15) is 0 Å². The van der Waals surface area contributed by atoms with Crippen molar-refractivity contribution >= 4 is 11.8 Å². The first-order valence-corrected chi connectivity index (χ1v) is 6.09. The Morgan fingerprint density at radius 1 is 1.57 bits per heavy atom. The molecule has 2 rings (SSSR count). The van der Waals surface area contributed by atoms with Crippen molar-refractivity contribution in [3.8, 4) is 0 Å². The van der Waals surface area contributed by atoms with E-state index in [0.29, 0.717) is 5.25 Å². The molecule has 0 aromatic carbocycles. The van der Waals surface area contributed by atoms with Gasteiger partial charge in [-0.3, -0.25) is 0 Å². The van der Waals surface area contributed by atoms with E-state index >= 15 is 0 Å². The average Bonchev–Trinajstić information content (AvgIpc) is 2.44. The molecular formula is C10H17N3S. The summed E-state index contributed by atoms with van der Waals surface area (Å²) < 4.78 is 2.09. The molecule has 2 heterocycles. The van der Waals surface area contributed by atoms with Crippen LogP contribution in [-0.4, -0.2) is 27.9 Å². The molecular weight excluding hydrogens is 194 g/mol. The molecule has 0 amide bonds. The molecule has 1 aliphatic rings. The Labute approximate surface area is 89.3 Å². The molecule has 1 aliphatic heterocycles. The van der Waals surface area contributed by atoms with Gasteiger partial charge >= 0.3 is 0 Å². The third kappa shape index (κ3) is 2.51. The topological polar surface area (TPSA) is 29.9 Å². The fraction of sp³-hybridized carbons (Fsp3) is 0.700. The molecule has 0 aliphatic carbocycles. The monoisotopic (exact) mass is 211 g/mol. The van der Waals surface area contributed by atoms with E-state index in [1.165, 1.54) is 25.8 Å². The van der Waals surface area contributed by atoms with Gasteiger partial charge in [0.25, 0.3) is 0 Å².